The van der Waals surface area contributed by atoms with Crippen molar-refractivity contribution in [2.24, 2.45) is 0 Å². The fraction of sp³-hybridized carbons (Fsp3) is 0.304. The Kier molecular flexibility index (Phi) is 6.27. The molecule has 8 nitrogen and oxygen atoms in total. The lowest BCUT2D eigenvalue weighted by atomic mass is 10.0. The normalized spacial score (nSPS) is 14.8. The molecule has 34 heavy (non-hydrogen) atoms. The molecule has 1 saturated heterocycles. The summed E-state index contributed by atoms with van der Waals surface area (Å²) in [4.78, 5) is 41.6. The van der Waals surface area contributed by atoms with E-state index in [1.54, 1.807) is 23.1 Å². The van der Waals surface area contributed by atoms with Crippen molar-refractivity contribution in [2.45, 2.75) is 32.0 Å². The van der Waals surface area contributed by atoms with E-state index >= 15 is 0 Å². The maximum Gasteiger partial charge on any atom is 0.416 e. The van der Waals surface area contributed by atoms with Gasteiger partial charge in [-0.3, -0.25) is 19.7 Å². The van der Waals surface area contributed by atoms with Crippen LogP contribution in [-0.2, 0) is 15.8 Å². The molecule has 2 aromatic carbocycles. The van der Waals surface area contributed by atoms with Crippen LogP contribution in [-0.4, -0.2) is 45.8 Å². The summed E-state index contributed by atoms with van der Waals surface area (Å²) in [6.45, 7) is 2.43. The van der Waals surface area contributed by atoms with Crippen LogP contribution < -0.4 is 10.6 Å². The number of benzene rings is 2. The Morgan fingerprint density at radius 3 is 2.47 bits per heavy atom. The first kappa shape index (κ1) is 23.3. The first-order chi connectivity index (χ1) is 16.2. The van der Waals surface area contributed by atoms with Gasteiger partial charge in [0.25, 0.3) is 5.91 Å². The van der Waals surface area contributed by atoms with E-state index < -0.39 is 17.6 Å². The summed E-state index contributed by atoms with van der Waals surface area (Å²) >= 11 is 0. The zero-order valence-electron chi connectivity index (χ0n) is 18.2. The Morgan fingerprint density at radius 2 is 1.82 bits per heavy atom. The van der Waals surface area contributed by atoms with Gasteiger partial charge in [-0.15, -0.1) is 0 Å². The molecule has 178 valence electrons. The number of alkyl halides is 3. The molecule has 3 amide bonds. The third-order valence-electron chi connectivity index (χ3n) is 5.70. The van der Waals surface area contributed by atoms with E-state index in [2.05, 4.69) is 15.6 Å². The summed E-state index contributed by atoms with van der Waals surface area (Å²) in [7, 11) is 0. The average molecular weight is 473 g/mol. The molecule has 0 atom stereocenters. The number of anilines is 2. The number of fused-ring (bicyclic) bond motifs is 1. The lowest BCUT2D eigenvalue weighted by Crippen LogP contribution is -2.34. The molecular weight excluding hydrogens is 451 g/mol. The fourth-order valence-electron chi connectivity index (χ4n) is 4.10. The summed E-state index contributed by atoms with van der Waals surface area (Å²) in [5.74, 6) is -0.796. The number of aromatic nitrogens is 2. The van der Waals surface area contributed by atoms with Crippen LogP contribution in [0, 0.1) is 0 Å². The van der Waals surface area contributed by atoms with Gasteiger partial charge in [0, 0.05) is 37.3 Å². The van der Waals surface area contributed by atoms with Crippen molar-refractivity contribution in [3.8, 4) is 0 Å². The van der Waals surface area contributed by atoms with Crippen molar-refractivity contribution < 1.29 is 27.6 Å². The predicted octanol–water partition coefficient (Wildman–Crippen LogP) is 4.06. The number of hydrogen-bond acceptors (Lipinski definition) is 4. The standard InChI is InChI=1S/C23H22F3N5O3/c1-14(33)27-17-5-6-20-19(12-17)28-22(31(20)18-7-9-30(13-32)10-8-18)29-21(34)15-3-2-4-16(11-15)23(24,25)26/h2-6,11-13,18H,7-10H2,1H3,(H,27,33)(H,28,29,34). The van der Waals surface area contributed by atoms with Crippen molar-refractivity contribution in [2.75, 3.05) is 23.7 Å². The number of piperidine rings is 1. The van der Waals surface area contributed by atoms with Crippen LogP contribution in [0.25, 0.3) is 11.0 Å². The minimum Gasteiger partial charge on any atom is -0.345 e. The molecule has 4 rings (SSSR count). The largest absolute Gasteiger partial charge is 0.416 e. The summed E-state index contributed by atoms with van der Waals surface area (Å²) in [5, 5.41) is 5.33. The van der Waals surface area contributed by atoms with Crippen molar-refractivity contribution in [3.05, 3.63) is 53.6 Å². The molecule has 0 saturated carbocycles. The second-order valence-corrected chi connectivity index (χ2v) is 8.10. The number of rotatable bonds is 5. The molecule has 1 fully saturated rings. The van der Waals surface area contributed by atoms with Gasteiger partial charge >= 0.3 is 6.18 Å². The average Bonchev–Trinajstić information content (AvgIpc) is 3.15. The molecule has 0 aliphatic carbocycles. The Morgan fingerprint density at radius 1 is 1.09 bits per heavy atom. The molecule has 1 aromatic heterocycles. The highest BCUT2D eigenvalue weighted by Crippen LogP contribution is 2.33. The van der Waals surface area contributed by atoms with E-state index in [-0.39, 0.29) is 23.5 Å². The summed E-state index contributed by atoms with van der Waals surface area (Å²) in [6.07, 6.45) is -2.55. The van der Waals surface area contributed by atoms with Crippen LogP contribution in [0.3, 0.4) is 0 Å². The summed E-state index contributed by atoms with van der Waals surface area (Å²) in [5.41, 5.74) is 0.649. The van der Waals surface area contributed by atoms with Gasteiger partial charge in [-0.25, -0.2) is 4.98 Å². The maximum absolute atomic E-state index is 13.1. The predicted molar refractivity (Wildman–Crippen MR) is 119 cm³/mol. The summed E-state index contributed by atoms with van der Waals surface area (Å²) < 4.78 is 41.1. The Bertz CT molecular complexity index is 1250. The molecule has 0 spiro atoms. The SMILES string of the molecule is CC(=O)Nc1ccc2c(c1)nc(NC(=O)c1cccc(C(F)(F)F)c1)n2C1CCN(C=O)CC1. The smallest absolute Gasteiger partial charge is 0.345 e. The first-order valence-electron chi connectivity index (χ1n) is 10.6. The molecule has 2 N–H and O–H groups in total. The molecule has 2 heterocycles. The number of imidazole rings is 1. The number of likely N-dealkylation sites (tertiary alicyclic amines) is 1. The second-order valence-electron chi connectivity index (χ2n) is 8.10. The van der Waals surface area contributed by atoms with Crippen LogP contribution in [0.2, 0.25) is 0 Å². The quantitative estimate of drug-likeness (QED) is 0.547. The van der Waals surface area contributed by atoms with Crippen molar-refractivity contribution in [1.29, 1.82) is 0 Å². The molecular formula is C23H22F3N5O3. The number of nitrogens with one attached hydrogen (secondary N) is 2. The molecule has 0 unspecified atom stereocenters. The van der Waals surface area contributed by atoms with Gasteiger partial charge in [-0.05, 0) is 49.2 Å². The van der Waals surface area contributed by atoms with Crippen LogP contribution >= 0.6 is 0 Å². The van der Waals surface area contributed by atoms with Crippen LogP contribution in [0.1, 0.15) is 41.7 Å². The molecule has 0 bridgehead atoms. The monoisotopic (exact) mass is 473 g/mol. The van der Waals surface area contributed by atoms with E-state index in [0.29, 0.717) is 42.7 Å². The van der Waals surface area contributed by atoms with E-state index in [4.69, 9.17) is 0 Å². The number of hydrogen-bond donors (Lipinski definition) is 2. The van der Waals surface area contributed by atoms with Gasteiger partial charge in [-0.2, -0.15) is 13.2 Å². The topological polar surface area (TPSA) is 96.3 Å². The molecule has 1 aliphatic heterocycles. The van der Waals surface area contributed by atoms with E-state index in [0.717, 1.165) is 18.5 Å². The van der Waals surface area contributed by atoms with Gasteiger partial charge in [0.05, 0.1) is 16.6 Å². The van der Waals surface area contributed by atoms with Gasteiger partial charge in [-0.1, -0.05) is 6.07 Å². The van der Waals surface area contributed by atoms with E-state index in [1.165, 1.54) is 19.1 Å². The van der Waals surface area contributed by atoms with Crippen LogP contribution in [0.4, 0.5) is 24.8 Å². The summed E-state index contributed by atoms with van der Waals surface area (Å²) in [6, 6.07) is 9.21. The lowest BCUT2D eigenvalue weighted by molar-refractivity contribution is -0.137. The molecule has 3 aromatic rings. The molecule has 11 heteroatoms. The van der Waals surface area contributed by atoms with Gasteiger partial charge < -0.3 is 14.8 Å². The van der Waals surface area contributed by atoms with Crippen molar-refractivity contribution in [1.82, 2.24) is 14.5 Å². The van der Waals surface area contributed by atoms with Gasteiger partial charge in [0.2, 0.25) is 18.3 Å². The minimum atomic E-state index is -4.57. The number of amides is 3. The third-order valence-corrected chi connectivity index (χ3v) is 5.70. The zero-order chi connectivity index (χ0) is 24.5. The second kappa shape index (κ2) is 9.16. The third kappa shape index (κ3) is 4.87. The van der Waals surface area contributed by atoms with E-state index in [1.807, 2.05) is 4.57 Å². The Labute approximate surface area is 192 Å². The number of halogens is 3. The van der Waals surface area contributed by atoms with Crippen molar-refractivity contribution >= 4 is 40.9 Å². The highest BCUT2D eigenvalue weighted by molar-refractivity contribution is 6.04. The minimum absolute atomic E-state index is 0.0929. The maximum atomic E-state index is 13.1. The zero-order valence-corrected chi connectivity index (χ0v) is 18.2. The van der Waals surface area contributed by atoms with Gasteiger partial charge in [0.1, 0.15) is 0 Å². The van der Waals surface area contributed by atoms with Gasteiger partial charge in [0.15, 0.2) is 0 Å². The fourth-order valence-corrected chi connectivity index (χ4v) is 4.10. The number of carbonyl (C=O) groups is 3. The Balaban J connectivity index is 1.71. The molecule has 1 aliphatic rings. The highest BCUT2D eigenvalue weighted by Gasteiger charge is 2.31. The first-order valence-corrected chi connectivity index (χ1v) is 10.6. The molecule has 0 radical (unpaired) electrons. The Hall–Kier alpha value is -3.89. The number of carbonyl (C=O) groups excluding carboxylic acids is 3. The van der Waals surface area contributed by atoms with Crippen LogP contribution in [0.15, 0.2) is 42.5 Å². The lowest BCUT2D eigenvalue weighted by Gasteiger charge is -2.31. The van der Waals surface area contributed by atoms with E-state index in [9.17, 15) is 27.6 Å². The van der Waals surface area contributed by atoms with Crippen molar-refractivity contribution in [3.63, 3.8) is 0 Å². The number of nitrogens with zero attached hydrogens (tertiary/aromatic N) is 3. The highest BCUT2D eigenvalue weighted by atomic mass is 19.4. The van der Waals surface area contributed by atoms with Crippen LogP contribution in [0.5, 0.6) is 0 Å².